The van der Waals surface area contributed by atoms with E-state index in [2.05, 4.69) is 5.32 Å². The van der Waals surface area contributed by atoms with E-state index in [0.29, 0.717) is 11.4 Å². The molecule has 0 bridgehead atoms. The maximum Gasteiger partial charge on any atom is 0.259 e. The fourth-order valence-electron chi connectivity index (χ4n) is 3.21. The second-order valence-corrected chi connectivity index (χ2v) is 9.50. The van der Waals surface area contributed by atoms with Crippen LogP contribution in [0.4, 0.5) is 5.69 Å². The molecule has 0 atom stereocenters. The Morgan fingerprint density at radius 2 is 1.77 bits per heavy atom. The van der Waals surface area contributed by atoms with Crippen LogP contribution in [0.1, 0.15) is 21.5 Å². The average Bonchev–Trinajstić information content (AvgIpc) is 2.83. The fraction of sp³-hybridized carbons (Fsp3) is 0.136. The van der Waals surface area contributed by atoms with E-state index >= 15 is 0 Å². The lowest BCUT2D eigenvalue weighted by atomic mass is 10.2. The number of aryl methyl sites for hydroxylation is 1. The molecule has 4 rings (SSSR count). The van der Waals surface area contributed by atoms with Gasteiger partial charge in [0.1, 0.15) is 10.6 Å². The summed E-state index contributed by atoms with van der Waals surface area (Å²) in [6, 6.07) is 17.2. The van der Waals surface area contributed by atoms with E-state index in [1.807, 2.05) is 43.3 Å². The van der Waals surface area contributed by atoms with Crippen LogP contribution in [-0.4, -0.2) is 25.7 Å². The first kappa shape index (κ1) is 20.4. The van der Waals surface area contributed by atoms with Gasteiger partial charge >= 0.3 is 0 Å². The number of rotatable bonds is 4. The summed E-state index contributed by atoms with van der Waals surface area (Å²) in [7, 11) is -2.47. The first-order valence-corrected chi connectivity index (χ1v) is 11.0. The molecular weight excluding hydrogens is 424 g/mol. The summed E-state index contributed by atoms with van der Waals surface area (Å²) in [5.74, 6) is 0.202. The van der Waals surface area contributed by atoms with E-state index in [4.69, 9.17) is 16.3 Å². The largest absolute Gasteiger partial charge is 0.454 e. The second-order valence-electron chi connectivity index (χ2n) is 7.08. The lowest BCUT2D eigenvalue weighted by molar-refractivity contribution is 0.102. The first-order valence-electron chi connectivity index (χ1n) is 9.19. The summed E-state index contributed by atoms with van der Waals surface area (Å²) in [6.45, 7) is 2.08. The summed E-state index contributed by atoms with van der Waals surface area (Å²) < 4.78 is 33.4. The zero-order valence-electron chi connectivity index (χ0n) is 16.3. The van der Waals surface area contributed by atoms with Crippen molar-refractivity contribution < 1.29 is 17.9 Å². The van der Waals surface area contributed by atoms with Gasteiger partial charge in [-0.2, -0.15) is 4.31 Å². The highest BCUT2D eigenvalue weighted by Crippen LogP contribution is 2.40. The van der Waals surface area contributed by atoms with Crippen LogP contribution in [-0.2, 0) is 16.6 Å². The van der Waals surface area contributed by atoms with Crippen LogP contribution >= 0.6 is 11.6 Å². The molecule has 6 nitrogen and oxygen atoms in total. The predicted molar refractivity (Wildman–Crippen MR) is 116 cm³/mol. The molecule has 1 aliphatic rings. The molecule has 0 saturated carbocycles. The van der Waals surface area contributed by atoms with Crippen molar-refractivity contribution in [3.8, 4) is 11.5 Å². The Hall–Kier alpha value is -2.87. The number of hydrogen-bond acceptors (Lipinski definition) is 4. The van der Waals surface area contributed by atoms with Crippen LogP contribution in [0.5, 0.6) is 11.5 Å². The Morgan fingerprint density at radius 1 is 1.03 bits per heavy atom. The van der Waals surface area contributed by atoms with Crippen molar-refractivity contribution in [3.63, 3.8) is 0 Å². The Labute approximate surface area is 180 Å². The standard InChI is InChI=1S/C22H19ClN2O4S/c1-14-8-9-18-20(10-14)29-19-12-17(23)21(11-16(19)22(26)24-18)30(27,28)25(2)13-15-6-4-3-5-7-15/h3-12H,13H2,1-2H3,(H,24,26). The number of anilines is 1. The van der Waals surface area contributed by atoms with Gasteiger partial charge in [0, 0.05) is 19.7 Å². The minimum absolute atomic E-state index is 0.0161. The molecule has 1 N–H and O–H groups in total. The average molecular weight is 443 g/mol. The molecule has 0 aromatic heterocycles. The number of carbonyl (C=O) groups excluding carboxylic acids is 1. The number of carbonyl (C=O) groups is 1. The molecule has 8 heteroatoms. The lowest BCUT2D eigenvalue weighted by Crippen LogP contribution is -2.27. The van der Waals surface area contributed by atoms with Crippen molar-refractivity contribution in [3.05, 3.63) is 82.4 Å². The zero-order chi connectivity index (χ0) is 21.5. The highest BCUT2D eigenvalue weighted by Gasteiger charge is 2.29. The molecule has 3 aromatic carbocycles. The van der Waals surface area contributed by atoms with Crippen molar-refractivity contribution in [2.45, 2.75) is 18.4 Å². The molecule has 0 aliphatic carbocycles. The van der Waals surface area contributed by atoms with Gasteiger partial charge in [-0.15, -0.1) is 0 Å². The van der Waals surface area contributed by atoms with Gasteiger partial charge in [-0.1, -0.05) is 48.0 Å². The van der Waals surface area contributed by atoms with E-state index in [1.54, 1.807) is 12.1 Å². The summed E-state index contributed by atoms with van der Waals surface area (Å²) in [5.41, 5.74) is 2.39. The third-order valence-electron chi connectivity index (χ3n) is 4.82. The quantitative estimate of drug-likeness (QED) is 0.628. The van der Waals surface area contributed by atoms with Gasteiger partial charge < -0.3 is 10.1 Å². The number of benzene rings is 3. The van der Waals surface area contributed by atoms with Gasteiger partial charge in [0.2, 0.25) is 10.0 Å². The van der Waals surface area contributed by atoms with E-state index in [9.17, 15) is 13.2 Å². The lowest BCUT2D eigenvalue weighted by Gasteiger charge is -2.19. The molecule has 30 heavy (non-hydrogen) atoms. The number of amides is 1. The minimum Gasteiger partial charge on any atom is -0.454 e. The van der Waals surface area contributed by atoms with Gasteiger partial charge in [0.05, 0.1) is 16.3 Å². The fourth-order valence-corrected chi connectivity index (χ4v) is 4.89. The van der Waals surface area contributed by atoms with Gasteiger partial charge in [0.25, 0.3) is 5.91 Å². The summed E-state index contributed by atoms with van der Waals surface area (Å²) in [4.78, 5) is 12.6. The Morgan fingerprint density at radius 3 is 2.50 bits per heavy atom. The highest BCUT2D eigenvalue weighted by molar-refractivity contribution is 7.89. The van der Waals surface area contributed by atoms with Crippen LogP contribution in [0.3, 0.4) is 0 Å². The number of fused-ring (bicyclic) bond motifs is 2. The highest BCUT2D eigenvalue weighted by atomic mass is 35.5. The normalized spacial score (nSPS) is 13.1. The number of sulfonamides is 1. The first-order chi connectivity index (χ1) is 14.3. The maximum atomic E-state index is 13.2. The van der Waals surface area contributed by atoms with Crippen molar-refractivity contribution in [2.24, 2.45) is 0 Å². The van der Waals surface area contributed by atoms with E-state index in [-0.39, 0.29) is 27.8 Å². The monoisotopic (exact) mass is 442 g/mol. The molecule has 3 aromatic rings. The van der Waals surface area contributed by atoms with E-state index < -0.39 is 15.9 Å². The Balaban J connectivity index is 1.73. The van der Waals surface area contributed by atoms with Crippen LogP contribution in [0.25, 0.3) is 0 Å². The SMILES string of the molecule is Cc1ccc2c(c1)Oc1cc(Cl)c(S(=O)(=O)N(C)Cc3ccccc3)cc1C(=O)N2. The van der Waals surface area contributed by atoms with Gasteiger partial charge in [-0.25, -0.2) is 8.42 Å². The third-order valence-corrected chi connectivity index (χ3v) is 7.09. The van der Waals surface area contributed by atoms with Crippen LogP contribution in [0.2, 0.25) is 5.02 Å². The van der Waals surface area contributed by atoms with Crippen molar-refractivity contribution >= 4 is 33.2 Å². The molecule has 1 aliphatic heterocycles. The molecule has 0 spiro atoms. The molecule has 1 amide bonds. The topological polar surface area (TPSA) is 75.7 Å². The smallest absolute Gasteiger partial charge is 0.259 e. The molecule has 0 unspecified atom stereocenters. The molecule has 0 fully saturated rings. The van der Waals surface area contributed by atoms with Gasteiger partial charge in [0.15, 0.2) is 5.75 Å². The van der Waals surface area contributed by atoms with Gasteiger partial charge in [-0.3, -0.25) is 4.79 Å². The van der Waals surface area contributed by atoms with Crippen LogP contribution < -0.4 is 10.1 Å². The molecular formula is C22H19ClN2O4S. The van der Waals surface area contributed by atoms with Crippen molar-refractivity contribution in [2.75, 3.05) is 12.4 Å². The zero-order valence-corrected chi connectivity index (χ0v) is 17.9. The second kappa shape index (κ2) is 7.75. The minimum atomic E-state index is -3.94. The molecule has 0 radical (unpaired) electrons. The number of hydrogen-bond donors (Lipinski definition) is 1. The number of nitrogens with zero attached hydrogens (tertiary/aromatic N) is 1. The predicted octanol–water partition coefficient (Wildman–Crippen LogP) is 4.83. The van der Waals surface area contributed by atoms with Crippen molar-refractivity contribution in [1.82, 2.24) is 4.31 Å². The van der Waals surface area contributed by atoms with E-state index in [0.717, 1.165) is 11.1 Å². The number of nitrogens with one attached hydrogen (secondary N) is 1. The third kappa shape index (κ3) is 3.79. The summed E-state index contributed by atoms with van der Waals surface area (Å²) in [5, 5.41) is 2.74. The molecule has 0 saturated heterocycles. The van der Waals surface area contributed by atoms with Gasteiger partial charge in [-0.05, 0) is 36.2 Å². The van der Waals surface area contributed by atoms with Crippen LogP contribution in [0.15, 0.2) is 65.6 Å². The summed E-state index contributed by atoms with van der Waals surface area (Å²) in [6.07, 6.45) is 0. The Bertz CT molecular complexity index is 1240. The number of ether oxygens (including phenoxy) is 1. The van der Waals surface area contributed by atoms with E-state index in [1.165, 1.54) is 23.5 Å². The Kier molecular flexibility index (Phi) is 5.27. The maximum absolute atomic E-state index is 13.2. The molecule has 1 heterocycles. The molecule has 154 valence electrons. The van der Waals surface area contributed by atoms with Crippen molar-refractivity contribution in [1.29, 1.82) is 0 Å². The number of halogens is 1. The summed E-state index contributed by atoms with van der Waals surface area (Å²) >= 11 is 6.33. The van der Waals surface area contributed by atoms with Crippen LogP contribution in [0, 0.1) is 6.92 Å².